The van der Waals surface area contributed by atoms with Gasteiger partial charge in [0.1, 0.15) is 0 Å². The molecule has 92 valence electrons. The van der Waals surface area contributed by atoms with Gasteiger partial charge in [0.15, 0.2) is 0 Å². The van der Waals surface area contributed by atoms with Gasteiger partial charge in [-0.15, -0.1) is 0 Å². The molecule has 1 aromatic carbocycles. The summed E-state index contributed by atoms with van der Waals surface area (Å²) in [5, 5.41) is 13.8. The molecule has 0 heterocycles. The maximum atomic E-state index is 13.3. The minimum absolute atomic E-state index is 0.463. The molecule has 0 aliphatic heterocycles. The van der Waals surface area contributed by atoms with Crippen molar-refractivity contribution in [2.24, 2.45) is 0 Å². The molecule has 0 aromatic heterocycles. The van der Waals surface area contributed by atoms with E-state index >= 15 is 0 Å². The van der Waals surface area contributed by atoms with Crippen molar-refractivity contribution in [1.29, 1.82) is 0 Å². The number of hydrogen-bond acceptors (Lipinski definition) is 3. The Morgan fingerprint density at radius 1 is 1.41 bits per heavy atom. The van der Waals surface area contributed by atoms with Gasteiger partial charge in [0.2, 0.25) is 5.82 Å². The lowest BCUT2D eigenvalue weighted by Gasteiger charge is -2.11. The molecule has 0 amide bonds. The molecule has 1 aliphatic carbocycles. The Morgan fingerprint density at radius 2 is 2.12 bits per heavy atom. The summed E-state index contributed by atoms with van der Waals surface area (Å²) in [6, 6.07) is 4.57. The lowest BCUT2D eigenvalue weighted by molar-refractivity contribution is -0.387. The molecule has 0 bridgehead atoms. The van der Waals surface area contributed by atoms with Crippen LogP contribution in [-0.2, 0) is 6.54 Å². The number of nitro groups is 1. The maximum absolute atomic E-state index is 13.3. The zero-order valence-electron chi connectivity index (χ0n) is 9.49. The predicted molar refractivity (Wildman–Crippen MR) is 62.2 cm³/mol. The first-order valence-corrected chi connectivity index (χ1v) is 5.83. The van der Waals surface area contributed by atoms with E-state index in [0.29, 0.717) is 12.6 Å². The fraction of sp³-hybridized carbons (Fsp3) is 0.500. The van der Waals surface area contributed by atoms with Gasteiger partial charge in [0.05, 0.1) is 4.92 Å². The van der Waals surface area contributed by atoms with Gasteiger partial charge >= 0.3 is 5.69 Å². The predicted octanol–water partition coefficient (Wildman–Crippen LogP) is 2.77. The van der Waals surface area contributed by atoms with Crippen LogP contribution in [-0.4, -0.2) is 11.0 Å². The molecule has 0 radical (unpaired) electrons. The van der Waals surface area contributed by atoms with Crippen LogP contribution < -0.4 is 5.32 Å². The van der Waals surface area contributed by atoms with E-state index in [1.807, 2.05) is 0 Å². The largest absolute Gasteiger partial charge is 0.310 e. The normalized spacial score (nSPS) is 16.3. The maximum Gasteiger partial charge on any atom is 0.304 e. The van der Waals surface area contributed by atoms with Crippen molar-refractivity contribution in [1.82, 2.24) is 5.32 Å². The lowest BCUT2D eigenvalue weighted by atomic mass is 10.1. The third kappa shape index (κ3) is 3.00. The average Bonchev–Trinajstić information content (AvgIpc) is 2.78. The summed E-state index contributed by atoms with van der Waals surface area (Å²) in [7, 11) is 0. The van der Waals surface area contributed by atoms with Crippen molar-refractivity contribution in [3.8, 4) is 0 Å². The Kier molecular flexibility index (Phi) is 3.68. The van der Waals surface area contributed by atoms with Gasteiger partial charge in [-0.1, -0.05) is 18.9 Å². The van der Waals surface area contributed by atoms with Crippen LogP contribution in [0.25, 0.3) is 0 Å². The van der Waals surface area contributed by atoms with Crippen LogP contribution in [0.1, 0.15) is 31.2 Å². The van der Waals surface area contributed by atoms with Gasteiger partial charge in [0.25, 0.3) is 0 Å². The Bertz CT molecular complexity index is 417. The second-order valence-electron chi connectivity index (χ2n) is 4.41. The third-order valence-corrected chi connectivity index (χ3v) is 3.16. The van der Waals surface area contributed by atoms with E-state index in [0.717, 1.165) is 18.4 Å². The third-order valence-electron chi connectivity index (χ3n) is 3.16. The summed E-state index contributed by atoms with van der Waals surface area (Å²) in [6.07, 6.45) is 4.81. The van der Waals surface area contributed by atoms with Crippen LogP contribution >= 0.6 is 0 Å². The molecule has 1 N–H and O–H groups in total. The Hall–Kier alpha value is -1.49. The average molecular weight is 238 g/mol. The summed E-state index contributed by atoms with van der Waals surface area (Å²) in [5.41, 5.74) is 0.287. The van der Waals surface area contributed by atoms with Crippen molar-refractivity contribution in [2.75, 3.05) is 0 Å². The second kappa shape index (κ2) is 5.23. The quantitative estimate of drug-likeness (QED) is 0.648. The highest BCUT2D eigenvalue weighted by atomic mass is 19.1. The van der Waals surface area contributed by atoms with Gasteiger partial charge in [0, 0.05) is 18.7 Å². The van der Waals surface area contributed by atoms with Crippen molar-refractivity contribution in [2.45, 2.75) is 38.3 Å². The summed E-state index contributed by atoms with van der Waals surface area (Å²) >= 11 is 0. The van der Waals surface area contributed by atoms with Crippen LogP contribution in [0.4, 0.5) is 10.1 Å². The van der Waals surface area contributed by atoms with Gasteiger partial charge in [-0.25, -0.2) is 0 Å². The minimum Gasteiger partial charge on any atom is -0.310 e. The summed E-state index contributed by atoms with van der Waals surface area (Å²) in [6.45, 7) is 0.569. The van der Waals surface area contributed by atoms with E-state index < -0.39 is 16.4 Å². The molecule has 1 fully saturated rings. The van der Waals surface area contributed by atoms with Crippen LogP contribution in [0.3, 0.4) is 0 Å². The van der Waals surface area contributed by atoms with Crippen molar-refractivity contribution >= 4 is 5.69 Å². The van der Waals surface area contributed by atoms with Gasteiger partial charge in [-0.05, 0) is 24.5 Å². The molecule has 4 nitrogen and oxygen atoms in total. The summed E-state index contributed by atoms with van der Waals surface area (Å²) in [4.78, 5) is 9.75. The molecular formula is C12H15FN2O2. The zero-order valence-corrected chi connectivity index (χ0v) is 9.49. The molecule has 1 aliphatic rings. The molecule has 17 heavy (non-hydrogen) atoms. The fourth-order valence-electron chi connectivity index (χ4n) is 2.20. The van der Waals surface area contributed by atoms with Crippen LogP contribution in [0.2, 0.25) is 0 Å². The molecule has 0 spiro atoms. The van der Waals surface area contributed by atoms with E-state index in [1.54, 1.807) is 6.07 Å². The minimum atomic E-state index is -0.763. The molecule has 0 unspecified atom stereocenters. The second-order valence-corrected chi connectivity index (χ2v) is 4.41. The highest BCUT2D eigenvalue weighted by Gasteiger charge is 2.16. The van der Waals surface area contributed by atoms with Crippen molar-refractivity contribution < 1.29 is 9.31 Å². The highest BCUT2D eigenvalue weighted by molar-refractivity contribution is 5.34. The van der Waals surface area contributed by atoms with Crippen LogP contribution in [0.5, 0.6) is 0 Å². The van der Waals surface area contributed by atoms with E-state index in [9.17, 15) is 14.5 Å². The fourth-order valence-corrected chi connectivity index (χ4v) is 2.20. The van der Waals surface area contributed by atoms with Gasteiger partial charge in [-0.3, -0.25) is 10.1 Å². The van der Waals surface area contributed by atoms with Gasteiger partial charge < -0.3 is 5.32 Å². The monoisotopic (exact) mass is 238 g/mol. The number of benzene rings is 1. The summed E-state index contributed by atoms with van der Waals surface area (Å²) in [5.74, 6) is -0.763. The molecule has 1 saturated carbocycles. The zero-order chi connectivity index (χ0) is 12.3. The Morgan fingerprint density at radius 3 is 2.71 bits per heavy atom. The first-order chi connectivity index (χ1) is 8.16. The molecular weight excluding hydrogens is 223 g/mol. The number of nitrogens with zero attached hydrogens (tertiary/aromatic N) is 1. The molecule has 5 heteroatoms. The topological polar surface area (TPSA) is 55.2 Å². The van der Waals surface area contributed by atoms with Crippen molar-refractivity contribution in [3.05, 3.63) is 39.7 Å². The van der Waals surface area contributed by atoms with E-state index in [-0.39, 0.29) is 0 Å². The number of nitro benzene ring substituents is 1. The molecule has 2 rings (SSSR count). The first kappa shape index (κ1) is 12.0. The summed E-state index contributed by atoms with van der Waals surface area (Å²) < 4.78 is 13.3. The van der Waals surface area contributed by atoms with E-state index in [2.05, 4.69) is 5.32 Å². The molecule has 0 saturated heterocycles. The van der Waals surface area contributed by atoms with Crippen LogP contribution in [0, 0.1) is 15.9 Å². The Balaban J connectivity index is 1.97. The highest BCUT2D eigenvalue weighted by Crippen LogP contribution is 2.20. The van der Waals surface area contributed by atoms with Gasteiger partial charge in [-0.2, -0.15) is 4.39 Å². The standard InChI is InChI=1S/C12H15FN2O2/c13-11-7-9(5-6-12(11)15(16)17)8-14-10-3-1-2-4-10/h5-7,10,14H,1-4,8H2. The number of halogens is 1. The van der Waals surface area contributed by atoms with Crippen LogP contribution in [0.15, 0.2) is 18.2 Å². The van der Waals surface area contributed by atoms with E-state index in [4.69, 9.17) is 0 Å². The smallest absolute Gasteiger partial charge is 0.304 e. The molecule has 1 aromatic rings. The number of rotatable bonds is 4. The number of hydrogen-bond donors (Lipinski definition) is 1. The Labute approximate surface area is 99.0 Å². The number of nitrogens with one attached hydrogen (secondary N) is 1. The first-order valence-electron chi connectivity index (χ1n) is 5.83. The SMILES string of the molecule is O=[N+]([O-])c1ccc(CNC2CCCC2)cc1F. The van der Waals surface area contributed by atoms with E-state index in [1.165, 1.54) is 25.0 Å². The molecule has 0 atom stereocenters. The van der Waals surface area contributed by atoms with Crippen molar-refractivity contribution in [3.63, 3.8) is 0 Å². The lowest BCUT2D eigenvalue weighted by Crippen LogP contribution is -2.25.